The third kappa shape index (κ3) is 12.8. The topological polar surface area (TPSA) is 174 Å². The number of amides is 4. The summed E-state index contributed by atoms with van der Waals surface area (Å²) >= 11 is 0. The first-order valence-electron chi connectivity index (χ1n) is 25.9. The first-order valence-corrected chi connectivity index (χ1v) is 25.9. The van der Waals surface area contributed by atoms with Crippen molar-refractivity contribution >= 4 is 40.3 Å². The number of piperidine rings is 1. The van der Waals surface area contributed by atoms with Crippen LogP contribution in [0.1, 0.15) is 102 Å². The Hall–Kier alpha value is -4.98. The highest BCUT2D eigenvalue weighted by Gasteiger charge is 2.45. The van der Waals surface area contributed by atoms with E-state index in [0.29, 0.717) is 69.3 Å². The van der Waals surface area contributed by atoms with Gasteiger partial charge in [0.05, 0.1) is 61.6 Å². The molecule has 2 aromatic heterocycles. The molecule has 8 rings (SSSR count). The second-order valence-electron chi connectivity index (χ2n) is 20.7. The number of alkyl halides is 3. The van der Waals surface area contributed by atoms with E-state index in [-0.39, 0.29) is 71.3 Å². The van der Waals surface area contributed by atoms with E-state index in [4.69, 9.17) is 9.47 Å². The lowest BCUT2D eigenvalue weighted by Crippen LogP contribution is -2.59. The highest BCUT2D eigenvalue weighted by Crippen LogP contribution is 2.40. The largest absolute Gasteiger partial charge is 0.416 e. The highest BCUT2D eigenvalue weighted by molar-refractivity contribution is 5.93. The van der Waals surface area contributed by atoms with Crippen molar-refractivity contribution in [1.29, 1.82) is 0 Å². The molecule has 5 heterocycles. The number of hydrogen-bond donors (Lipinski definition) is 3. The molecule has 0 radical (unpaired) electrons. The number of hydrogen-bond acceptors (Lipinski definition) is 12. The first-order chi connectivity index (χ1) is 34.2. The number of rotatable bonds is 19. The fourth-order valence-corrected chi connectivity index (χ4v) is 11.9. The number of ether oxygens (including phenoxy) is 2. The molecule has 3 saturated heterocycles. The maximum absolute atomic E-state index is 14.1. The molecule has 388 valence electrons. The summed E-state index contributed by atoms with van der Waals surface area (Å²) in [7, 11) is 3.85. The van der Waals surface area contributed by atoms with Gasteiger partial charge in [0.15, 0.2) is 0 Å². The van der Waals surface area contributed by atoms with Crippen LogP contribution in [0.15, 0.2) is 49.1 Å². The van der Waals surface area contributed by atoms with Crippen LogP contribution in [-0.2, 0) is 34.8 Å². The average molecular weight is 991 g/mol. The zero-order valence-corrected chi connectivity index (χ0v) is 41.7. The molecule has 16 nitrogen and oxygen atoms in total. The zero-order valence-electron chi connectivity index (χ0n) is 41.7. The quantitative estimate of drug-likeness (QED) is 0.126. The molecule has 5 aliphatic rings. The molecule has 2 aliphatic carbocycles. The van der Waals surface area contributed by atoms with Gasteiger partial charge < -0.3 is 45.0 Å². The third-order valence-electron chi connectivity index (χ3n) is 16.3. The lowest BCUT2D eigenvalue weighted by molar-refractivity contribution is -0.137. The van der Waals surface area contributed by atoms with E-state index in [9.17, 15) is 32.3 Å². The lowest BCUT2D eigenvalue weighted by Gasteiger charge is -2.45. The van der Waals surface area contributed by atoms with Gasteiger partial charge in [0.1, 0.15) is 18.2 Å². The fraction of sp³-hybridized carbons (Fsp3) is 0.673. The molecule has 2 saturated carbocycles. The number of anilines is 1. The summed E-state index contributed by atoms with van der Waals surface area (Å²) in [6, 6.07) is 6.22. The van der Waals surface area contributed by atoms with Crippen LogP contribution in [0.3, 0.4) is 0 Å². The average Bonchev–Trinajstić information content (AvgIpc) is 3.89. The van der Waals surface area contributed by atoms with Crippen molar-refractivity contribution in [1.82, 2.24) is 45.2 Å². The number of nitrogens with one attached hydrogen (secondary N) is 3. The number of fused-ring (bicyclic) bond motifs is 1. The molecule has 1 aromatic carbocycles. The molecular weight excluding hydrogens is 918 g/mol. The van der Waals surface area contributed by atoms with E-state index < -0.39 is 23.7 Å². The summed E-state index contributed by atoms with van der Waals surface area (Å²) in [5.41, 5.74) is 0.397. The highest BCUT2D eigenvalue weighted by atomic mass is 19.4. The van der Waals surface area contributed by atoms with Gasteiger partial charge in [-0.25, -0.2) is 9.97 Å². The summed E-state index contributed by atoms with van der Waals surface area (Å²) in [6.45, 7) is 9.98. The molecular formula is C52H73F3N10O6. The Kier molecular flexibility index (Phi) is 17.5. The van der Waals surface area contributed by atoms with Crippen LogP contribution in [0.4, 0.5) is 19.0 Å². The number of aromatic nitrogens is 3. The maximum atomic E-state index is 14.1. The maximum Gasteiger partial charge on any atom is 0.416 e. The molecule has 71 heavy (non-hydrogen) atoms. The van der Waals surface area contributed by atoms with Gasteiger partial charge in [0, 0.05) is 68.9 Å². The summed E-state index contributed by atoms with van der Waals surface area (Å²) < 4.78 is 52.5. The van der Waals surface area contributed by atoms with E-state index >= 15 is 0 Å². The van der Waals surface area contributed by atoms with Crippen molar-refractivity contribution in [3.05, 3.63) is 60.2 Å². The molecule has 6 atom stereocenters. The zero-order chi connectivity index (χ0) is 50.2. The van der Waals surface area contributed by atoms with Crippen LogP contribution in [0.2, 0.25) is 0 Å². The van der Waals surface area contributed by atoms with Crippen LogP contribution in [0.25, 0.3) is 10.9 Å². The lowest BCUT2D eigenvalue weighted by atomic mass is 9.72. The van der Waals surface area contributed by atoms with Crippen molar-refractivity contribution in [3.8, 4) is 0 Å². The summed E-state index contributed by atoms with van der Waals surface area (Å²) in [5, 5.41) is 9.77. The second kappa shape index (κ2) is 23.7. The van der Waals surface area contributed by atoms with Crippen LogP contribution in [-0.4, -0.2) is 162 Å². The summed E-state index contributed by atoms with van der Waals surface area (Å²) in [4.78, 5) is 74.6. The predicted molar refractivity (Wildman–Crippen MR) is 262 cm³/mol. The number of pyridine rings is 1. The Balaban J connectivity index is 0.733. The minimum absolute atomic E-state index is 0.0588. The van der Waals surface area contributed by atoms with Crippen molar-refractivity contribution in [2.75, 3.05) is 78.6 Å². The van der Waals surface area contributed by atoms with Gasteiger partial charge in [-0.1, -0.05) is 6.07 Å². The molecule has 3 N–H and O–H groups in total. The smallest absolute Gasteiger partial charge is 0.378 e. The molecule has 0 unspecified atom stereocenters. The standard InChI is InChI=1S/C52H73F3N10O6/c1-33(2)62(3)39-12-14-45(65-22-17-43(51(65)69)60-48-40-28-38(52(53,54)55)11-13-42(40)58-32-59-48)44(29-39)61-49(67)36-9-7-34(8-10-36)35-15-20-64(21-16-35)23-25-71-27-26-70-24-19-57-50(68)41-30-46(66)63(4)47(41)37-6-5-18-56-31-37/h5-6,11,13,18,28,31-36,39,41,43-45,47H,7-10,12,14-17,19-27,29-30H2,1-4H3,(H,57,68)(H,61,67)(H,58,59,60)/t34?,36?,39-,41+,43+,44-,45+,47-/m1/s1. The molecule has 0 bridgehead atoms. The van der Waals surface area contributed by atoms with Crippen LogP contribution in [0.5, 0.6) is 0 Å². The number of benzene rings is 1. The number of halogens is 3. The molecule has 0 spiro atoms. The van der Waals surface area contributed by atoms with Crippen LogP contribution < -0.4 is 16.0 Å². The monoisotopic (exact) mass is 991 g/mol. The van der Waals surface area contributed by atoms with Gasteiger partial charge in [-0.3, -0.25) is 24.2 Å². The van der Waals surface area contributed by atoms with Crippen molar-refractivity contribution in [2.45, 2.75) is 127 Å². The van der Waals surface area contributed by atoms with E-state index in [1.807, 2.05) is 17.0 Å². The van der Waals surface area contributed by atoms with Gasteiger partial charge >= 0.3 is 6.18 Å². The number of nitrogens with zero attached hydrogens (tertiary/aromatic N) is 7. The van der Waals surface area contributed by atoms with Gasteiger partial charge in [0.25, 0.3) is 0 Å². The Labute approximate surface area is 415 Å². The Morgan fingerprint density at radius 3 is 2.35 bits per heavy atom. The first kappa shape index (κ1) is 52.3. The molecule has 3 aliphatic heterocycles. The van der Waals surface area contributed by atoms with Crippen LogP contribution >= 0.6 is 0 Å². The van der Waals surface area contributed by atoms with Gasteiger partial charge in [0.2, 0.25) is 23.6 Å². The Morgan fingerprint density at radius 2 is 1.63 bits per heavy atom. The summed E-state index contributed by atoms with van der Waals surface area (Å²) in [5.74, 6) is 0.633. The van der Waals surface area contributed by atoms with Crippen LogP contribution in [0, 0.1) is 23.7 Å². The molecule has 5 fully saturated rings. The van der Waals surface area contributed by atoms with E-state index in [0.717, 1.165) is 95.1 Å². The minimum Gasteiger partial charge on any atom is -0.378 e. The fourth-order valence-electron chi connectivity index (χ4n) is 11.9. The Bertz CT molecular complexity index is 2280. The number of likely N-dealkylation sites (tertiary alicyclic amines) is 3. The van der Waals surface area contributed by atoms with E-state index in [1.54, 1.807) is 24.3 Å². The van der Waals surface area contributed by atoms with Gasteiger partial charge in [-0.05, 0) is 140 Å². The number of carbonyl (C=O) groups excluding carboxylic acids is 4. The van der Waals surface area contributed by atoms with Crippen molar-refractivity contribution in [3.63, 3.8) is 0 Å². The van der Waals surface area contributed by atoms with Crippen molar-refractivity contribution in [2.24, 2.45) is 23.7 Å². The number of carbonyl (C=O) groups is 4. The minimum atomic E-state index is -4.53. The molecule has 3 aromatic rings. The van der Waals surface area contributed by atoms with E-state index in [2.05, 4.69) is 61.6 Å². The van der Waals surface area contributed by atoms with Gasteiger partial charge in [-0.2, -0.15) is 13.2 Å². The van der Waals surface area contributed by atoms with Crippen molar-refractivity contribution < 1.29 is 41.8 Å². The Morgan fingerprint density at radius 1 is 0.887 bits per heavy atom. The summed E-state index contributed by atoms with van der Waals surface area (Å²) in [6.07, 6.45) is 9.20. The SMILES string of the molecule is CC(C)N(C)[C@@H]1CC[C@H](N2CC[C@H](Nc3ncnc4ccc(C(F)(F)F)cc34)C2=O)[C@H](NC(=O)C2CCC(C3CCN(CCOCCOCCNC(=O)[C@H]4CC(=O)N(C)[C@@H]4c4cccnc4)CC3)CC2)C1. The van der Waals surface area contributed by atoms with Gasteiger partial charge in [-0.15, -0.1) is 0 Å². The molecule has 19 heteroatoms. The normalized spacial score (nSPS) is 27.0. The third-order valence-corrected chi connectivity index (χ3v) is 16.3. The molecule has 4 amide bonds. The predicted octanol–water partition coefficient (Wildman–Crippen LogP) is 5.69. The van der Waals surface area contributed by atoms with E-state index in [1.165, 1.54) is 12.4 Å². The second-order valence-corrected chi connectivity index (χ2v) is 20.7.